The van der Waals surface area contributed by atoms with Crippen molar-refractivity contribution in [1.29, 1.82) is 0 Å². The van der Waals surface area contributed by atoms with E-state index in [1.165, 1.54) is 0 Å². The van der Waals surface area contributed by atoms with Crippen molar-refractivity contribution in [3.8, 4) is 22.6 Å². The van der Waals surface area contributed by atoms with E-state index in [9.17, 15) is 9.59 Å². The lowest BCUT2D eigenvalue weighted by molar-refractivity contribution is -0.125. The molecule has 4 fully saturated rings. The lowest BCUT2D eigenvalue weighted by atomic mass is 10.1. The molecule has 2 aromatic carbocycles. The molecule has 2 aliphatic heterocycles. The van der Waals surface area contributed by atoms with Crippen LogP contribution >= 0.6 is 15.9 Å². The van der Waals surface area contributed by atoms with Gasteiger partial charge in [0.15, 0.2) is 11.5 Å². The number of pyridine rings is 1. The smallest absolute Gasteiger partial charge is 0.298 e. The number of carbonyl (C=O) groups is 2. The highest BCUT2D eigenvalue weighted by atomic mass is 79.9. The zero-order valence-corrected chi connectivity index (χ0v) is 28.5. The van der Waals surface area contributed by atoms with E-state index in [2.05, 4.69) is 46.8 Å². The van der Waals surface area contributed by atoms with Crippen molar-refractivity contribution in [2.75, 3.05) is 41.3 Å². The Morgan fingerprint density at radius 1 is 0.755 bits per heavy atom. The molecule has 2 spiro atoms. The molecule has 9 rings (SSSR count). The fourth-order valence-corrected chi connectivity index (χ4v) is 6.94. The average Bonchev–Trinajstić information content (AvgIpc) is 3.95. The minimum absolute atomic E-state index is 0.0790. The van der Waals surface area contributed by atoms with Crippen molar-refractivity contribution in [2.45, 2.75) is 43.7 Å². The molecule has 0 unspecified atom stereocenters. The molecule has 2 amide bonds. The minimum Gasteiger partial charge on any atom is -0.423 e. The molecule has 3 aromatic heterocycles. The second-order valence-electron chi connectivity index (χ2n) is 12.8. The second kappa shape index (κ2) is 12.4. The number of carbonyl (C=O) groups excluding carboxylic acids is 2. The van der Waals surface area contributed by atoms with Gasteiger partial charge in [-0.1, -0.05) is 40.2 Å². The number of nitrogens with one attached hydrogen (secondary N) is 3. The largest absolute Gasteiger partial charge is 0.423 e. The number of aryl methyl sites for hydroxylation is 1. The number of anilines is 4. The second-order valence-corrected chi connectivity index (χ2v) is 13.7. The van der Waals surface area contributed by atoms with Crippen molar-refractivity contribution in [1.82, 2.24) is 25.6 Å². The van der Waals surface area contributed by atoms with Gasteiger partial charge in [-0.25, -0.2) is 15.0 Å². The first-order valence-corrected chi connectivity index (χ1v) is 17.2. The summed E-state index contributed by atoms with van der Waals surface area (Å²) in [6, 6.07) is 20.8. The molecule has 5 heterocycles. The zero-order chi connectivity index (χ0) is 33.6. The Morgan fingerprint density at radius 2 is 1.33 bits per heavy atom. The summed E-state index contributed by atoms with van der Waals surface area (Å²) in [5.41, 5.74) is 3.08. The van der Waals surface area contributed by atoms with Gasteiger partial charge in [0.25, 0.3) is 12.0 Å². The molecule has 0 radical (unpaired) electrons. The molecule has 0 bridgehead atoms. The Hall–Kier alpha value is -5.17. The Labute approximate surface area is 291 Å². The summed E-state index contributed by atoms with van der Waals surface area (Å²) in [5.74, 6) is 2.36. The maximum absolute atomic E-state index is 12.2. The van der Waals surface area contributed by atoms with Crippen LogP contribution in [0.25, 0.3) is 22.6 Å². The van der Waals surface area contributed by atoms with Gasteiger partial charge in [0.1, 0.15) is 16.9 Å². The predicted molar refractivity (Wildman–Crippen MR) is 188 cm³/mol. The van der Waals surface area contributed by atoms with E-state index in [0.29, 0.717) is 43.2 Å². The number of hydrogen-bond donors (Lipinski definition) is 3. The van der Waals surface area contributed by atoms with Crippen LogP contribution < -0.4 is 25.8 Å². The normalized spacial score (nSPS) is 18.4. The molecule has 5 aromatic rings. The summed E-state index contributed by atoms with van der Waals surface area (Å²) in [4.78, 5) is 41.5. The number of halogens is 1. The lowest BCUT2D eigenvalue weighted by Crippen LogP contribution is -2.57. The van der Waals surface area contributed by atoms with E-state index in [-0.39, 0.29) is 11.8 Å². The van der Waals surface area contributed by atoms with Gasteiger partial charge in [0.05, 0.1) is 12.4 Å². The van der Waals surface area contributed by atoms with E-state index >= 15 is 0 Å². The van der Waals surface area contributed by atoms with Crippen LogP contribution in [0.2, 0.25) is 0 Å². The van der Waals surface area contributed by atoms with Crippen molar-refractivity contribution in [3.63, 3.8) is 0 Å². The van der Waals surface area contributed by atoms with Crippen LogP contribution in [0.5, 0.6) is 0 Å². The molecule has 4 aliphatic rings. The molecule has 3 N–H and O–H groups in total. The Bertz CT molecular complexity index is 2030. The third kappa shape index (κ3) is 6.03. The number of nitrogens with zero attached hydrogens (tertiary/aromatic N) is 5. The fraction of sp³-hybridized carbons (Fsp3) is 0.306. The first-order valence-electron chi connectivity index (χ1n) is 16.4. The summed E-state index contributed by atoms with van der Waals surface area (Å²) in [6.07, 6.45) is 8.66. The van der Waals surface area contributed by atoms with Gasteiger partial charge in [-0.15, -0.1) is 0 Å². The molecule has 2 saturated carbocycles. The van der Waals surface area contributed by atoms with E-state index in [1.807, 2.05) is 77.4 Å². The highest BCUT2D eigenvalue weighted by Gasteiger charge is 2.58. The zero-order valence-electron chi connectivity index (χ0n) is 26.9. The fourth-order valence-electron chi connectivity index (χ4n) is 6.54. The Kier molecular flexibility index (Phi) is 7.86. The SMILES string of the molecule is Cc1ccnc(Nc2cccc(-c3cnc(N4CCNC(=O)C45CC5)o3)c2)c1.O=C1NCCN(c2ncc(-c3cccc(Br)c3)o2)C12CC2. The van der Waals surface area contributed by atoms with E-state index < -0.39 is 11.1 Å². The lowest BCUT2D eigenvalue weighted by Gasteiger charge is -2.34. The molecule has 2 aliphatic carbocycles. The van der Waals surface area contributed by atoms with Gasteiger partial charge < -0.3 is 34.6 Å². The topological polar surface area (TPSA) is 142 Å². The Balaban J connectivity index is 0.000000148. The summed E-state index contributed by atoms with van der Waals surface area (Å²) in [5, 5.41) is 9.18. The summed E-state index contributed by atoms with van der Waals surface area (Å²) in [7, 11) is 0. The minimum atomic E-state index is -0.458. The summed E-state index contributed by atoms with van der Waals surface area (Å²) < 4.78 is 12.9. The van der Waals surface area contributed by atoms with Crippen LogP contribution in [0.3, 0.4) is 0 Å². The quantitative estimate of drug-likeness (QED) is 0.196. The number of amides is 2. The summed E-state index contributed by atoms with van der Waals surface area (Å²) >= 11 is 3.45. The molecular weight excluding hydrogens is 688 g/mol. The van der Waals surface area contributed by atoms with Crippen molar-refractivity contribution in [3.05, 3.63) is 89.3 Å². The van der Waals surface area contributed by atoms with E-state index in [4.69, 9.17) is 8.83 Å². The van der Waals surface area contributed by atoms with Gasteiger partial charge in [-0.05, 0) is 74.6 Å². The first kappa shape index (κ1) is 31.1. The van der Waals surface area contributed by atoms with Gasteiger partial charge in [0, 0.05) is 53.7 Å². The van der Waals surface area contributed by atoms with E-state index in [0.717, 1.165) is 64.9 Å². The first-order chi connectivity index (χ1) is 23.8. The van der Waals surface area contributed by atoms with Crippen LogP contribution in [0, 0.1) is 6.92 Å². The van der Waals surface area contributed by atoms with Crippen LogP contribution in [-0.2, 0) is 9.59 Å². The van der Waals surface area contributed by atoms with Crippen LogP contribution in [0.4, 0.5) is 23.5 Å². The number of aromatic nitrogens is 3. The van der Waals surface area contributed by atoms with Crippen molar-refractivity contribution in [2.24, 2.45) is 0 Å². The third-order valence-corrected chi connectivity index (χ3v) is 9.95. The number of benzene rings is 2. The predicted octanol–water partition coefficient (Wildman–Crippen LogP) is 5.83. The van der Waals surface area contributed by atoms with Gasteiger partial charge >= 0.3 is 0 Å². The molecule has 13 heteroatoms. The van der Waals surface area contributed by atoms with Crippen LogP contribution in [-0.4, -0.2) is 64.0 Å². The maximum Gasteiger partial charge on any atom is 0.298 e. The van der Waals surface area contributed by atoms with Crippen LogP contribution in [0.1, 0.15) is 31.2 Å². The maximum atomic E-state index is 12.2. The molecule has 0 atom stereocenters. The Morgan fingerprint density at radius 3 is 1.88 bits per heavy atom. The van der Waals surface area contributed by atoms with Crippen molar-refractivity contribution >= 4 is 51.3 Å². The number of hydrogen-bond acceptors (Lipinski definition) is 10. The third-order valence-electron chi connectivity index (χ3n) is 9.46. The van der Waals surface area contributed by atoms with Gasteiger partial charge in [-0.3, -0.25) is 9.59 Å². The molecule has 12 nitrogen and oxygen atoms in total. The average molecular weight is 724 g/mol. The summed E-state index contributed by atoms with van der Waals surface area (Å²) in [6.45, 7) is 4.74. The van der Waals surface area contributed by atoms with Crippen molar-refractivity contribution < 1.29 is 18.4 Å². The highest BCUT2D eigenvalue weighted by molar-refractivity contribution is 9.10. The van der Waals surface area contributed by atoms with Gasteiger partial charge in [-0.2, -0.15) is 0 Å². The number of piperazine rings is 2. The number of oxazole rings is 2. The molecule has 250 valence electrons. The highest BCUT2D eigenvalue weighted by Crippen LogP contribution is 2.47. The van der Waals surface area contributed by atoms with Crippen LogP contribution in [0.15, 0.2) is 92.6 Å². The molecule has 49 heavy (non-hydrogen) atoms. The molecule has 2 saturated heterocycles. The monoisotopic (exact) mass is 722 g/mol. The number of rotatable bonds is 6. The van der Waals surface area contributed by atoms with Gasteiger partial charge in [0.2, 0.25) is 11.8 Å². The standard InChI is InChI=1S/C21H21N5O2.C15H14BrN3O2/c1-14-5-8-22-18(11-14)25-16-4-2-3-15(12-16)17-13-24-20(28-17)26-10-9-23-19(27)21(26)6-7-21;16-11-3-1-2-10(8-11)12-9-18-14(21-12)19-7-6-17-13(20)15(19)4-5-15/h2-5,8,11-13H,6-7,9-10H2,1H3,(H,22,25)(H,23,27);1-3,8-9H,4-7H2,(H,17,20). The molecular formula is C36H35BrN8O4. The van der Waals surface area contributed by atoms with E-state index in [1.54, 1.807) is 18.6 Å².